The van der Waals surface area contributed by atoms with Crippen LogP contribution in [0.1, 0.15) is 24.8 Å². The highest BCUT2D eigenvalue weighted by Crippen LogP contribution is 2.36. The fourth-order valence-electron chi connectivity index (χ4n) is 1.54. The molecule has 2 N–H and O–H groups in total. The van der Waals surface area contributed by atoms with Crippen LogP contribution < -0.4 is 5.73 Å². The van der Waals surface area contributed by atoms with Gasteiger partial charge in [-0.25, -0.2) is 4.39 Å². The van der Waals surface area contributed by atoms with E-state index in [0.29, 0.717) is 12.0 Å². The average molecular weight is 214 g/mol. The van der Waals surface area contributed by atoms with E-state index in [4.69, 9.17) is 17.3 Å². The van der Waals surface area contributed by atoms with Crippen LogP contribution in [-0.4, -0.2) is 5.54 Å². The van der Waals surface area contributed by atoms with Crippen LogP contribution >= 0.6 is 11.6 Å². The second-order valence-electron chi connectivity index (χ2n) is 4.08. The molecule has 1 aliphatic carbocycles. The molecule has 2 rings (SSSR count). The second-order valence-corrected chi connectivity index (χ2v) is 4.48. The zero-order valence-corrected chi connectivity index (χ0v) is 8.65. The molecular weight excluding hydrogens is 201 g/mol. The Morgan fingerprint density at radius 3 is 2.79 bits per heavy atom. The molecular formula is C11H13ClFN. The number of halogens is 2. The topological polar surface area (TPSA) is 26.0 Å². The van der Waals surface area contributed by atoms with Crippen molar-refractivity contribution in [2.45, 2.75) is 31.2 Å². The quantitative estimate of drug-likeness (QED) is 0.821. The lowest BCUT2D eigenvalue weighted by molar-refractivity contribution is 0.571. The van der Waals surface area contributed by atoms with Crippen LogP contribution in [0.3, 0.4) is 0 Å². The summed E-state index contributed by atoms with van der Waals surface area (Å²) in [4.78, 5) is 0. The SMILES string of the molecule is NC1(CCc2cccc(Cl)c2F)CC1. The van der Waals surface area contributed by atoms with Crippen molar-refractivity contribution in [3.63, 3.8) is 0 Å². The van der Waals surface area contributed by atoms with Gasteiger partial charge in [0.25, 0.3) is 0 Å². The molecule has 0 aliphatic heterocycles. The van der Waals surface area contributed by atoms with Crippen molar-refractivity contribution in [2.24, 2.45) is 5.73 Å². The molecule has 0 radical (unpaired) electrons. The minimum absolute atomic E-state index is 0.0191. The van der Waals surface area contributed by atoms with Gasteiger partial charge in [0, 0.05) is 5.54 Å². The van der Waals surface area contributed by atoms with Crippen LogP contribution in [0.2, 0.25) is 5.02 Å². The summed E-state index contributed by atoms with van der Waals surface area (Å²) >= 11 is 5.67. The van der Waals surface area contributed by atoms with Crippen molar-refractivity contribution >= 4 is 11.6 Å². The molecule has 0 amide bonds. The Labute approximate surface area is 88.1 Å². The number of hydrogen-bond acceptors (Lipinski definition) is 1. The Balaban J connectivity index is 2.05. The Kier molecular flexibility index (Phi) is 2.50. The third kappa shape index (κ3) is 2.07. The summed E-state index contributed by atoms with van der Waals surface area (Å²) in [5.74, 6) is -0.293. The minimum atomic E-state index is -0.293. The van der Waals surface area contributed by atoms with Gasteiger partial charge in [0.05, 0.1) is 5.02 Å². The third-order valence-electron chi connectivity index (χ3n) is 2.82. The summed E-state index contributed by atoms with van der Waals surface area (Å²) in [7, 11) is 0. The van der Waals surface area contributed by atoms with Gasteiger partial charge >= 0.3 is 0 Å². The molecule has 0 heterocycles. The van der Waals surface area contributed by atoms with Crippen LogP contribution in [0, 0.1) is 5.82 Å². The lowest BCUT2D eigenvalue weighted by Crippen LogP contribution is -2.22. The number of benzene rings is 1. The van der Waals surface area contributed by atoms with E-state index < -0.39 is 0 Å². The van der Waals surface area contributed by atoms with Crippen molar-refractivity contribution in [1.29, 1.82) is 0 Å². The molecule has 0 aromatic heterocycles. The van der Waals surface area contributed by atoms with Crippen LogP contribution in [-0.2, 0) is 6.42 Å². The first kappa shape index (κ1) is 9.94. The number of hydrogen-bond donors (Lipinski definition) is 1. The predicted molar refractivity (Wildman–Crippen MR) is 55.9 cm³/mol. The van der Waals surface area contributed by atoms with Crippen LogP contribution in [0.15, 0.2) is 18.2 Å². The molecule has 0 saturated heterocycles. The molecule has 0 unspecified atom stereocenters. The monoisotopic (exact) mass is 213 g/mol. The molecule has 14 heavy (non-hydrogen) atoms. The molecule has 3 heteroatoms. The fraction of sp³-hybridized carbons (Fsp3) is 0.455. The largest absolute Gasteiger partial charge is 0.325 e. The third-order valence-corrected chi connectivity index (χ3v) is 3.11. The molecule has 0 bridgehead atoms. The number of aryl methyl sites for hydroxylation is 1. The van der Waals surface area contributed by atoms with E-state index in [1.165, 1.54) is 0 Å². The second kappa shape index (κ2) is 3.52. The van der Waals surface area contributed by atoms with E-state index in [1.54, 1.807) is 18.2 Å². The standard InChI is InChI=1S/C11H13ClFN/c12-9-3-1-2-8(10(9)13)4-5-11(14)6-7-11/h1-3H,4-7,14H2. The van der Waals surface area contributed by atoms with E-state index in [2.05, 4.69) is 0 Å². The molecule has 1 aliphatic rings. The van der Waals surface area contributed by atoms with Crippen LogP contribution in [0.4, 0.5) is 4.39 Å². The first-order valence-electron chi connectivity index (χ1n) is 4.82. The maximum atomic E-state index is 13.4. The Hall–Kier alpha value is -0.600. The Morgan fingerprint density at radius 2 is 2.14 bits per heavy atom. The summed E-state index contributed by atoms with van der Waals surface area (Å²) in [5.41, 5.74) is 6.58. The molecule has 1 aromatic rings. The van der Waals surface area contributed by atoms with Crippen LogP contribution in [0.25, 0.3) is 0 Å². The highest BCUT2D eigenvalue weighted by atomic mass is 35.5. The molecule has 1 fully saturated rings. The minimum Gasteiger partial charge on any atom is -0.325 e. The van der Waals surface area contributed by atoms with Crippen molar-refractivity contribution in [3.05, 3.63) is 34.6 Å². The van der Waals surface area contributed by atoms with Crippen molar-refractivity contribution < 1.29 is 4.39 Å². The van der Waals surface area contributed by atoms with Gasteiger partial charge in [-0.1, -0.05) is 23.7 Å². The lowest BCUT2D eigenvalue weighted by atomic mass is 10.0. The predicted octanol–water partition coefficient (Wildman–Crippen LogP) is 2.90. The first-order valence-corrected chi connectivity index (χ1v) is 5.20. The smallest absolute Gasteiger partial charge is 0.144 e. The zero-order valence-electron chi connectivity index (χ0n) is 7.89. The summed E-state index contributed by atoms with van der Waals surface area (Å²) < 4.78 is 13.4. The normalized spacial score (nSPS) is 18.2. The van der Waals surface area contributed by atoms with Gasteiger partial charge in [-0.3, -0.25) is 0 Å². The summed E-state index contributed by atoms with van der Waals surface area (Å²) in [6.07, 6.45) is 3.66. The molecule has 1 nitrogen and oxygen atoms in total. The summed E-state index contributed by atoms with van der Waals surface area (Å²) in [6, 6.07) is 5.11. The number of rotatable bonds is 3. The van der Waals surface area contributed by atoms with Gasteiger partial charge in [-0.2, -0.15) is 0 Å². The molecule has 0 atom stereocenters. The molecule has 0 spiro atoms. The van der Waals surface area contributed by atoms with Gasteiger partial charge in [0.2, 0.25) is 0 Å². The maximum Gasteiger partial charge on any atom is 0.144 e. The van der Waals surface area contributed by atoms with Crippen LogP contribution in [0.5, 0.6) is 0 Å². The Morgan fingerprint density at radius 1 is 1.43 bits per heavy atom. The number of nitrogens with two attached hydrogens (primary N) is 1. The van der Waals surface area contributed by atoms with E-state index >= 15 is 0 Å². The van der Waals surface area contributed by atoms with E-state index in [1.807, 2.05) is 0 Å². The van der Waals surface area contributed by atoms with Gasteiger partial charge in [-0.15, -0.1) is 0 Å². The van der Waals surface area contributed by atoms with E-state index in [0.717, 1.165) is 19.3 Å². The highest BCUT2D eigenvalue weighted by Gasteiger charge is 2.37. The van der Waals surface area contributed by atoms with Gasteiger partial charge in [-0.05, 0) is 37.3 Å². The van der Waals surface area contributed by atoms with Gasteiger partial charge in [0.1, 0.15) is 5.82 Å². The van der Waals surface area contributed by atoms with Crippen molar-refractivity contribution in [3.8, 4) is 0 Å². The zero-order chi connectivity index (χ0) is 10.2. The average Bonchev–Trinajstić information content (AvgIpc) is 2.88. The molecule has 76 valence electrons. The van der Waals surface area contributed by atoms with Gasteiger partial charge in [0.15, 0.2) is 0 Å². The Bertz CT molecular complexity index is 347. The summed E-state index contributed by atoms with van der Waals surface area (Å²) in [5, 5.41) is 0.198. The summed E-state index contributed by atoms with van der Waals surface area (Å²) in [6.45, 7) is 0. The van der Waals surface area contributed by atoms with Gasteiger partial charge < -0.3 is 5.73 Å². The molecule has 1 aromatic carbocycles. The van der Waals surface area contributed by atoms with E-state index in [9.17, 15) is 4.39 Å². The van der Waals surface area contributed by atoms with Crippen molar-refractivity contribution in [1.82, 2.24) is 0 Å². The van der Waals surface area contributed by atoms with Crippen molar-refractivity contribution in [2.75, 3.05) is 0 Å². The molecule has 1 saturated carbocycles. The first-order chi connectivity index (χ1) is 6.61. The van der Waals surface area contributed by atoms with E-state index in [-0.39, 0.29) is 16.4 Å². The fourth-order valence-corrected chi connectivity index (χ4v) is 1.73. The highest BCUT2D eigenvalue weighted by molar-refractivity contribution is 6.30. The maximum absolute atomic E-state index is 13.4. The lowest BCUT2D eigenvalue weighted by Gasteiger charge is -2.09.